The van der Waals surface area contributed by atoms with Crippen molar-refractivity contribution in [2.24, 2.45) is 0 Å². The van der Waals surface area contributed by atoms with Gasteiger partial charge in [-0.05, 0) is 19.8 Å². The van der Waals surface area contributed by atoms with Crippen molar-refractivity contribution in [3.8, 4) is 0 Å². The highest BCUT2D eigenvalue weighted by Crippen LogP contribution is 2.08. The van der Waals surface area contributed by atoms with Crippen molar-refractivity contribution in [3.63, 3.8) is 0 Å². The highest BCUT2D eigenvalue weighted by atomic mass is 32.2. The summed E-state index contributed by atoms with van der Waals surface area (Å²) in [4.78, 5) is 6.50. The first kappa shape index (κ1) is 13.1. The molecule has 0 spiro atoms. The Kier molecular flexibility index (Phi) is 4.45. The van der Waals surface area contributed by atoms with E-state index in [0.29, 0.717) is 18.7 Å². The number of nitrogens with one attached hydrogen (secondary N) is 2. The number of hydrogen-bond donors (Lipinski definition) is 3. The molecule has 0 saturated heterocycles. The molecule has 1 aromatic heterocycles. The minimum Gasteiger partial charge on any atom is -0.396 e. The van der Waals surface area contributed by atoms with E-state index in [-0.39, 0.29) is 17.7 Å². The van der Waals surface area contributed by atoms with Crippen LogP contribution < -0.4 is 4.72 Å². The lowest BCUT2D eigenvalue weighted by Gasteiger charge is -2.14. The number of aromatic nitrogens is 2. The Labute approximate surface area is 95.2 Å². The zero-order valence-corrected chi connectivity index (χ0v) is 10.2. The lowest BCUT2D eigenvalue weighted by atomic mass is 10.2. The molecule has 0 fully saturated rings. The maximum Gasteiger partial charge on any atom is 0.257 e. The van der Waals surface area contributed by atoms with E-state index in [1.165, 1.54) is 6.20 Å². The predicted molar refractivity (Wildman–Crippen MR) is 59.4 cm³/mol. The van der Waals surface area contributed by atoms with E-state index in [4.69, 9.17) is 5.11 Å². The van der Waals surface area contributed by atoms with Gasteiger partial charge >= 0.3 is 0 Å². The Morgan fingerprint density at radius 1 is 1.62 bits per heavy atom. The first-order chi connectivity index (χ1) is 7.49. The summed E-state index contributed by atoms with van der Waals surface area (Å²) < 4.78 is 26.2. The first-order valence-corrected chi connectivity index (χ1v) is 6.62. The molecule has 0 aliphatic rings. The highest BCUT2D eigenvalue weighted by Gasteiger charge is 2.20. The van der Waals surface area contributed by atoms with Crippen molar-refractivity contribution >= 4 is 10.0 Å². The second-order valence-corrected chi connectivity index (χ2v) is 5.25. The first-order valence-electron chi connectivity index (χ1n) is 5.14. The van der Waals surface area contributed by atoms with Crippen LogP contribution in [0.5, 0.6) is 0 Å². The molecule has 0 saturated carbocycles. The molecule has 0 aliphatic carbocycles. The lowest BCUT2D eigenvalue weighted by Crippen LogP contribution is -2.35. The van der Waals surface area contributed by atoms with Crippen LogP contribution in [-0.2, 0) is 10.0 Å². The van der Waals surface area contributed by atoms with Crippen molar-refractivity contribution in [1.29, 1.82) is 0 Å². The number of hydrogen-bond acceptors (Lipinski definition) is 4. The van der Waals surface area contributed by atoms with Gasteiger partial charge < -0.3 is 10.1 Å². The number of rotatable bonds is 6. The summed E-state index contributed by atoms with van der Waals surface area (Å²) in [6.45, 7) is 3.51. The van der Waals surface area contributed by atoms with Gasteiger partial charge in [-0.3, -0.25) is 0 Å². The summed E-state index contributed by atoms with van der Waals surface area (Å²) in [5.41, 5.74) is 0. The largest absolute Gasteiger partial charge is 0.396 e. The molecule has 0 bridgehead atoms. The van der Waals surface area contributed by atoms with Crippen LogP contribution in [0.2, 0.25) is 0 Å². The van der Waals surface area contributed by atoms with Crippen molar-refractivity contribution in [2.75, 3.05) is 6.61 Å². The number of nitrogens with zero attached hydrogens (tertiary/aromatic N) is 1. The van der Waals surface area contributed by atoms with Gasteiger partial charge in [0.2, 0.25) is 0 Å². The topological polar surface area (TPSA) is 95.1 Å². The molecule has 7 heteroatoms. The molecule has 0 radical (unpaired) electrons. The van der Waals surface area contributed by atoms with Crippen LogP contribution in [0.1, 0.15) is 25.6 Å². The SMILES string of the molecule is CCC(CCO)NS(=O)(=O)c1cnc(C)[nH]1. The van der Waals surface area contributed by atoms with E-state index in [9.17, 15) is 8.42 Å². The third-order valence-corrected chi connectivity index (χ3v) is 3.69. The molecular weight excluding hydrogens is 230 g/mol. The predicted octanol–water partition coefficient (Wildman–Crippen LogP) is 0.157. The standard InChI is InChI=1S/C9H17N3O3S/c1-3-8(4-5-13)12-16(14,15)9-6-10-7(2)11-9/h6,8,12-13H,3-5H2,1-2H3,(H,10,11). The summed E-state index contributed by atoms with van der Waals surface area (Å²) in [6, 6.07) is -0.251. The maximum atomic E-state index is 11.8. The molecule has 1 rings (SSSR count). The average molecular weight is 247 g/mol. The summed E-state index contributed by atoms with van der Waals surface area (Å²) in [5, 5.41) is 8.84. The molecule has 3 N–H and O–H groups in total. The van der Waals surface area contributed by atoms with Crippen molar-refractivity contribution < 1.29 is 13.5 Å². The zero-order valence-electron chi connectivity index (χ0n) is 9.40. The Morgan fingerprint density at radius 3 is 2.75 bits per heavy atom. The average Bonchev–Trinajstić information content (AvgIpc) is 2.64. The smallest absolute Gasteiger partial charge is 0.257 e. The Hall–Kier alpha value is -0.920. The quantitative estimate of drug-likeness (QED) is 0.667. The van der Waals surface area contributed by atoms with E-state index in [2.05, 4.69) is 14.7 Å². The fourth-order valence-electron chi connectivity index (χ4n) is 1.32. The van der Waals surface area contributed by atoms with Gasteiger partial charge in [0.15, 0.2) is 5.03 Å². The maximum absolute atomic E-state index is 11.8. The lowest BCUT2D eigenvalue weighted by molar-refractivity contribution is 0.270. The minimum absolute atomic E-state index is 0.0387. The van der Waals surface area contributed by atoms with E-state index < -0.39 is 10.0 Å². The van der Waals surface area contributed by atoms with Gasteiger partial charge in [-0.2, -0.15) is 0 Å². The number of aromatic amines is 1. The van der Waals surface area contributed by atoms with E-state index in [0.717, 1.165) is 0 Å². The number of imidazole rings is 1. The molecular formula is C9H17N3O3S. The number of sulfonamides is 1. The van der Waals surface area contributed by atoms with Gasteiger partial charge in [-0.1, -0.05) is 6.92 Å². The normalized spacial score (nSPS) is 13.9. The second kappa shape index (κ2) is 5.42. The number of aliphatic hydroxyl groups is 1. The summed E-state index contributed by atoms with van der Waals surface area (Å²) in [5.74, 6) is 0.551. The fourth-order valence-corrected chi connectivity index (χ4v) is 2.64. The summed E-state index contributed by atoms with van der Waals surface area (Å²) in [7, 11) is -3.55. The monoisotopic (exact) mass is 247 g/mol. The van der Waals surface area contributed by atoms with Crippen LogP contribution in [0.3, 0.4) is 0 Å². The van der Waals surface area contributed by atoms with E-state index in [1.807, 2.05) is 6.92 Å². The number of aliphatic hydroxyl groups excluding tert-OH is 1. The summed E-state index contributed by atoms with van der Waals surface area (Å²) >= 11 is 0. The molecule has 0 amide bonds. The van der Waals surface area contributed by atoms with Crippen LogP contribution in [0.25, 0.3) is 0 Å². The van der Waals surface area contributed by atoms with E-state index in [1.54, 1.807) is 6.92 Å². The van der Waals surface area contributed by atoms with Crippen LogP contribution in [-0.4, -0.2) is 36.1 Å². The van der Waals surface area contributed by atoms with E-state index >= 15 is 0 Å². The van der Waals surface area contributed by atoms with Gasteiger partial charge in [-0.15, -0.1) is 0 Å². The summed E-state index contributed by atoms with van der Waals surface area (Å²) in [6.07, 6.45) is 2.32. The van der Waals surface area contributed by atoms with Crippen LogP contribution in [0.4, 0.5) is 0 Å². The van der Waals surface area contributed by atoms with Crippen molar-refractivity contribution in [2.45, 2.75) is 37.8 Å². The molecule has 0 aliphatic heterocycles. The van der Waals surface area contributed by atoms with Crippen LogP contribution in [0.15, 0.2) is 11.2 Å². The Balaban J connectivity index is 2.78. The number of H-pyrrole nitrogens is 1. The van der Waals surface area contributed by atoms with Gasteiger partial charge in [0.1, 0.15) is 5.82 Å². The fraction of sp³-hybridized carbons (Fsp3) is 0.667. The van der Waals surface area contributed by atoms with Crippen molar-refractivity contribution in [1.82, 2.24) is 14.7 Å². The number of aryl methyl sites for hydroxylation is 1. The van der Waals surface area contributed by atoms with Crippen molar-refractivity contribution in [3.05, 3.63) is 12.0 Å². The Bertz CT molecular complexity index is 427. The van der Waals surface area contributed by atoms with Gasteiger partial charge in [0.25, 0.3) is 10.0 Å². The van der Waals surface area contributed by atoms with Crippen LogP contribution in [0, 0.1) is 6.92 Å². The zero-order chi connectivity index (χ0) is 12.2. The molecule has 1 atom stereocenters. The molecule has 6 nitrogen and oxygen atoms in total. The molecule has 1 unspecified atom stereocenters. The third-order valence-electron chi connectivity index (χ3n) is 2.26. The third kappa shape index (κ3) is 3.29. The molecule has 16 heavy (non-hydrogen) atoms. The molecule has 92 valence electrons. The van der Waals surface area contributed by atoms with Gasteiger partial charge in [-0.25, -0.2) is 18.1 Å². The van der Waals surface area contributed by atoms with Gasteiger partial charge in [0.05, 0.1) is 6.20 Å². The minimum atomic E-state index is -3.55. The second-order valence-electron chi connectivity index (χ2n) is 3.57. The van der Waals surface area contributed by atoms with Crippen LogP contribution >= 0.6 is 0 Å². The molecule has 1 aromatic rings. The highest BCUT2D eigenvalue weighted by molar-refractivity contribution is 7.89. The molecule has 1 heterocycles. The Morgan fingerprint density at radius 2 is 2.31 bits per heavy atom. The molecule has 0 aromatic carbocycles. The van der Waals surface area contributed by atoms with Gasteiger partial charge in [0, 0.05) is 12.6 Å².